The van der Waals surface area contributed by atoms with Crippen LogP contribution in [0.5, 0.6) is 0 Å². The van der Waals surface area contributed by atoms with Gasteiger partial charge in [-0.3, -0.25) is 0 Å². The standard InChI is InChI=1S/C13H8Cl2F2N2S/c14-7-1-3-9(15)12(5-7)19-13(20)18-8-2-4-10(16)11(17)6-8/h1-6H,(H2,18,19,20). The van der Waals surface area contributed by atoms with Gasteiger partial charge in [0.2, 0.25) is 0 Å². The Hall–Kier alpha value is -1.43. The fourth-order valence-electron chi connectivity index (χ4n) is 1.45. The highest BCUT2D eigenvalue weighted by atomic mass is 35.5. The summed E-state index contributed by atoms with van der Waals surface area (Å²) in [5.41, 5.74) is 0.832. The zero-order chi connectivity index (χ0) is 14.7. The molecule has 0 bridgehead atoms. The number of benzene rings is 2. The third-order valence-corrected chi connectivity index (χ3v) is 3.12. The van der Waals surface area contributed by atoms with E-state index in [1.54, 1.807) is 18.2 Å². The fourth-order valence-corrected chi connectivity index (χ4v) is 2.02. The molecular weight excluding hydrogens is 325 g/mol. The molecule has 0 atom stereocenters. The summed E-state index contributed by atoms with van der Waals surface area (Å²) in [5, 5.41) is 6.65. The van der Waals surface area contributed by atoms with Crippen LogP contribution in [0.1, 0.15) is 0 Å². The maximum atomic E-state index is 13.1. The summed E-state index contributed by atoms with van der Waals surface area (Å²) >= 11 is 16.9. The van der Waals surface area contributed by atoms with Gasteiger partial charge in [-0.1, -0.05) is 23.2 Å². The molecule has 0 aliphatic rings. The van der Waals surface area contributed by atoms with Crippen molar-refractivity contribution in [1.82, 2.24) is 0 Å². The number of rotatable bonds is 2. The van der Waals surface area contributed by atoms with Crippen LogP contribution in [-0.4, -0.2) is 5.11 Å². The third kappa shape index (κ3) is 3.79. The molecule has 0 fully saturated rings. The molecule has 0 saturated carbocycles. The highest BCUT2D eigenvalue weighted by molar-refractivity contribution is 7.80. The molecule has 2 N–H and O–H groups in total. The Balaban J connectivity index is 2.09. The average molecular weight is 333 g/mol. The monoisotopic (exact) mass is 332 g/mol. The first kappa shape index (κ1) is 15.0. The summed E-state index contributed by atoms with van der Waals surface area (Å²) in [5.74, 6) is -1.88. The molecule has 104 valence electrons. The second-order valence-electron chi connectivity index (χ2n) is 3.83. The van der Waals surface area contributed by atoms with Crippen LogP contribution in [0.15, 0.2) is 36.4 Å². The van der Waals surface area contributed by atoms with Gasteiger partial charge in [0.05, 0.1) is 10.7 Å². The normalized spacial score (nSPS) is 10.2. The number of thiocarbonyl (C=S) groups is 1. The molecular formula is C13H8Cl2F2N2S. The predicted molar refractivity (Wildman–Crippen MR) is 82.7 cm³/mol. The summed E-state index contributed by atoms with van der Waals surface area (Å²) in [4.78, 5) is 0. The molecule has 0 saturated heterocycles. The Morgan fingerprint density at radius 1 is 0.950 bits per heavy atom. The number of anilines is 2. The van der Waals surface area contributed by atoms with E-state index >= 15 is 0 Å². The van der Waals surface area contributed by atoms with E-state index in [0.717, 1.165) is 12.1 Å². The smallest absolute Gasteiger partial charge is 0.175 e. The second kappa shape index (κ2) is 6.35. The highest BCUT2D eigenvalue weighted by Crippen LogP contribution is 2.25. The van der Waals surface area contributed by atoms with Crippen LogP contribution >= 0.6 is 35.4 Å². The first-order chi connectivity index (χ1) is 9.45. The second-order valence-corrected chi connectivity index (χ2v) is 5.08. The minimum Gasteiger partial charge on any atom is -0.332 e. The lowest BCUT2D eigenvalue weighted by Gasteiger charge is -2.12. The van der Waals surface area contributed by atoms with Gasteiger partial charge in [-0.25, -0.2) is 8.78 Å². The van der Waals surface area contributed by atoms with Gasteiger partial charge in [-0.15, -0.1) is 0 Å². The number of hydrogen-bond donors (Lipinski definition) is 2. The van der Waals surface area contributed by atoms with Crippen LogP contribution in [0.25, 0.3) is 0 Å². The molecule has 7 heteroatoms. The van der Waals surface area contributed by atoms with Crippen molar-refractivity contribution >= 4 is 51.9 Å². The van der Waals surface area contributed by atoms with Gasteiger partial charge in [-0.2, -0.15) is 0 Å². The van der Waals surface area contributed by atoms with Gasteiger partial charge in [0, 0.05) is 16.8 Å². The van der Waals surface area contributed by atoms with Gasteiger partial charge in [0.25, 0.3) is 0 Å². The minimum atomic E-state index is -0.960. The van der Waals surface area contributed by atoms with Crippen molar-refractivity contribution < 1.29 is 8.78 Å². The zero-order valence-electron chi connectivity index (χ0n) is 9.88. The van der Waals surface area contributed by atoms with Crippen LogP contribution in [0, 0.1) is 11.6 Å². The lowest BCUT2D eigenvalue weighted by Crippen LogP contribution is -2.19. The van der Waals surface area contributed by atoms with Gasteiger partial charge < -0.3 is 10.6 Å². The van der Waals surface area contributed by atoms with E-state index in [-0.39, 0.29) is 5.11 Å². The van der Waals surface area contributed by atoms with Crippen molar-refractivity contribution in [2.45, 2.75) is 0 Å². The van der Waals surface area contributed by atoms with E-state index in [9.17, 15) is 8.78 Å². The first-order valence-corrected chi connectivity index (χ1v) is 6.60. The number of halogens is 4. The predicted octanol–water partition coefficient (Wildman–Crippen LogP) is 5.08. The molecule has 0 aliphatic carbocycles. The molecule has 0 radical (unpaired) electrons. The van der Waals surface area contributed by atoms with Gasteiger partial charge in [0.15, 0.2) is 16.7 Å². The van der Waals surface area contributed by atoms with Gasteiger partial charge in [0.1, 0.15) is 0 Å². The molecule has 2 aromatic carbocycles. The third-order valence-electron chi connectivity index (χ3n) is 2.35. The van der Waals surface area contributed by atoms with Crippen LogP contribution < -0.4 is 10.6 Å². The van der Waals surface area contributed by atoms with Crippen molar-refractivity contribution in [3.63, 3.8) is 0 Å². The van der Waals surface area contributed by atoms with Crippen LogP contribution in [0.3, 0.4) is 0 Å². The summed E-state index contributed by atoms with van der Waals surface area (Å²) in [6.07, 6.45) is 0. The van der Waals surface area contributed by atoms with Gasteiger partial charge >= 0.3 is 0 Å². The molecule has 2 aromatic rings. The largest absolute Gasteiger partial charge is 0.332 e. The van der Waals surface area contributed by atoms with E-state index < -0.39 is 11.6 Å². The van der Waals surface area contributed by atoms with E-state index in [0.29, 0.717) is 21.4 Å². The van der Waals surface area contributed by atoms with Gasteiger partial charge in [-0.05, 0) is 42.5 Å². The van der Waals surface area contributed by atoms with Crippen molar-refractivity contribution in [2.24, 2.45) is 0 Å². The molecule has 2 nitrogen and oxygen atoms in total. The lowest BCUT2D eigenvalue weighted by molar-refractivity contribution is 0.509. The average Bonchev–Trinajstić information content (AvgIpc) is 2.38. The molecule has 20 heavy (non-hydrogen) atoms. The number of hydrogen-bond acceptors (Lipinski definition) is 1. The summed E-state index contributed by atoms with van der Waals surface area (Å²) in [6.45, 7) is 0. The lowest BCUT2D eigenvalue weighted by atomic mass is 10.3. The molecule has 0 aliphatic heterocycles. The van der Waals surface area contributed by atoms with E-state index in [2.05, 4.69) is 10.6 Å². The fraction of sp³-hybridized carbons (Fsp3) is 0. The number of nitrogens with one attached hydrogen (secondary N) is 2. The maximum absolute atomic E-state index is 13.1. The van der Waals surface area contributed by atoms with E-state index in [4.69, 9.17) is 35.4 Å². The molecule has 0 spiro atoms. The Morgan fingerprint density at radius 2 is 1.70 bits per heavy atom. The van der Waals surface area contributed by atoms with Crippen molar-refractivity contribution in [3.8, 4) is 0 Å². The van der Waals surface area contributed by atoms with E-state index in [1.165, 1.54) is 6.07 Å². The molecule has 0 unspecified atom stereocenters. The van der Waals surface area contributed by atoms with Crippen molar-refractivity contribution in [2.75, 3.05) is 10.6 Å². The summed E-state index contributed by atoms with van der Waals surface area (Å²) < 4.78 is 25.9. The SMILES string of the molecule is Fc1ccc(NC(=S)Nc2cc(Cl)ccc2Cl)cc1F. The summed E-state index contributed by atoms with van der Waals surface area (Å²) in [7, 11) is 0. The summed E-state index contributed by atoms with van der Waals surface area (Å²) in [6, 6.07) is 8.23. The highest BCUT2D eigenvalue weighted by Gasteiger charge is 2.06. The van der Waals surface area contributed by atoms with E-state index in [1.807, 2.05) is 0 Å². The Morgan fingerprint density at radius 3 is 2.40 bits per heavy atom. The Kier molecular flexibility index (Phi) is 4.75. The quantitative estimate of drug-likeness (QED) is 0.750. The minimum absolute atomic E-state index is 0.181. The van der Waals surface area contributed by atoms with Crippen LogP contribution in [0.2, 0.25) is 10.0 Å². The van der Waals surface area contributed by atoms with Crippen molar-refractivity contribution in [1.29, 1.82) is 0 Å². The molecule has 0 amide bonds. The maximum Gasteiger partial charge on any atom is 0.175 e. The topological polar surface area (TPSA) is 24.1 Å². The molecule has 0 heterocycles. The zero-order valence-corrected chi connectivity index (χ0v) is 12.2. The van der Waals surface area contributed by atoms with Crippen LogP contribution in [-0.2, 0) is 0 Å². The molecule has 0 aromatic heterocycles. The van der Waals surface area contributed by atoms with Crippen molar-refractivity contribution in [3.05, 3.63) is 58.1 Å². The Labute approximate surface area is 129 Å². The Bertz CT molecular complexity index is 665. The molecule has 2 rings (SSSR count). The van der Waals surface area contributed by atoms with Crippen LogP contribution in [0.4, 0.5) is 20.2 Å². The first-order valence-electron chi connectivity index (χ1n) is 5.44.